The molecule has 152 valence electrons. The fourth-order valence-electron chi connectivity index (χ4n) is 2.44. The quantitative estimate of drug-likeness (QED) is 0.626. The average Bonchev–Trinajstić information content (AvgIpc) is 3.15. The SMILES string of the molecule is CC(C)c1nc(CN(C)C(=O)NC(CCO)C(=O)OCc2ccccc2)cs1. The molecule has 0 fully saturated rings. The molecule has 0 aliphatic carbocycles. The molecule has 7 nitrogen and oxygen atoms in total. The number of aliphatic hydroxyl groups is 1. The second kappa shape index (κ2) is 10.8. The average molecular weight is 406 g/mol. The van der Waals surface area contributed by atoms with Crippen LogP contribution in [0.3, 0.4) is 0 Å². The number of rotatable bonds is 9. The molecule has 0 aliphatic rings. The van der Waals surface area contributed by atoms with E-state index in [1.807, 2.05) is 35.7 Å². The van der Waals surface area contributed by atoms with Crippen molar-refractivity contribution in [3.63, 3.8) is 0 Å². The van der Waals surface area contributed by atoms with Gasteiger partial charge in [-0.1, -0.05) is 44.2 Å². The Morgan fingerprint density at radius 2 is 2.00 bits per heavy atom. The van der Waals surface area contributed by atoms with Crippen LogP contribution in [0.4, 0.5) is 4.79 Å². The predicted octanol–water partition coefficient (Wildman–Crippen LogP) is 2.90. The molecule has 0 radical (unpaired) electrons. The summed E-state index contributed by atoms with van der Waals surface area (Å²) in [4.78, 5) is 30.7. The van der Waals surface area contributed by atoms with Crippen LogP contribution in [0.1, 0.15) is 42.5 Å². The minimum Gasteiger partial charge on any atom is -0.459 e. The van der Waals surface area contributed by atoms with Crippen LogP contribution in [0.2, 0.25) is 0 Å². The molecule has 8 heteroatoms. The normalized spacial score (nSPS) is 11.9. The Labute approximate surface area is 169 Å². The fraction of sp³-hybridized carbons (Fsp3) is 0.450. The largest absolute Gasteiger partial charge is 0.459 e. The first-order valence-corrected chi connectivity index (χ1v) is 10.1. The van der Waals surface area contributed by atoms with Gasteiger partial charge >= 0.3 is 12.0 Å². The van der Waals surface area contributed by atoms with Crippen molar-refractivity contribution in [2.24, 2.45) is 0 Å². The van der Waals surface area contributed by atoms with Gasteiger partial charge in [0.15, 0.2) is 0 Å². The van der Waals surface area contributed by atoms with Crippen molar-refractivity contribution in [1.82, 2.24) is 15.2 Å². The first kappa shape index (κ1) is 21.8. The summed E-state index contributed by atoms with van der Waals surface area (Å²) < 4.78 is 5.28. The van der Waals surface area contributed by atoms with Crippen molar-refractivity contribution in [2.45, 2.75) is 45.4 Å². The Morgan fingerprint density at radius 1 is 1.29 bits per heavy atom. The lowest BCUT2D eigenvalue weighted by atomic mass is 10.2. The molecule has 1 atom stereocenters. The Hall–Kier alpha value is -2.45. The molecule has 0 saturated carbocycles. The van der Waals surface area contributed by atoms with Crippen molar-refractivity contribution < 1.29 is 19.4 Å². The van der Waals surface area contributed by atoms with Crippen LogP contribution in [0.5, 0.6) is 0 Å². The van der Waals surface area contributed by atoms with E-state index in [0.717, 1.165) is 16.3 Å². The summed E-state index contributed by atoms with van der Waals surface area (Å²) in [6, 6.07) is 7.95. The van der Waals surface area contributed by atoms with E-state index in [-0.39, 0.29) is 19.6 Å². The molecule has 1 unspecified atom stereocenters. The van der Waals surface area contributed by atoms with E-state index in [1.54, 1.807) is 18.4 Å². The number of carbonyl (C=O) groups is 2. The van der Waals surface area contributed by atoms with E-state index < -0.39 is 18.0 Å². The number of esters is 1. The van der Waals surface area contributed by atoms with Gasteiger partial charge in [-0.2, -0.15) is 0 Å². The molecule has 0 spiro atoms. The van der Waals surface area contributed by atoms with Crippen molar-refractivity contribution in [3.05, 3.63) is 52.0 Å². The van der Waals surface area contributed by atoms with E-state index in [2.05, 4.69) is 24.1 Å². The zero-order chi connectivity index (χ0) is 20.5. The number of amides is 2. The number of nitrogens with one attached hydrogen (secondary N) is 1. The van der Waals surface area contributed by atoms with Gasteiger partial charge < -0.3 is 20.1 Å². The van der Waals surface area contributed by atoms with Gasteiger partial charge in [-0.05, 0) is 5.56 Å². The second-order valence-corrected chi connectivity index (χ2v) is 7.69. The zero-order valence-corrected chi connectivity index (χ0v) is 17.2. The van der Waals surface area contributed by atoms with Crippen LogP contribution >= 0.6 is 11.3 Å². The number of urea groups is 1. The highest BCUT2D eigenvalue weighted by molar-refractivity contribution is 7.09. The first-order chi connectivity index (χ1) is 13.4. The molecule has 1 aromatic heterocycles. The summed E-state index contributed by atoms with van der Waals surface area (Å²) in [5.41, 5.74) is 1.66. The molecule has 0 saturated heterocycles. The Morgan fingerprint density at radius 3 is 2.61 bits per heavy atom. The topological polar surface area (TPSA) is 91.8 Å². The van der Waals surface area contributed by atoms with Gasteiger partial charge in [-0.25, -0.2) is 14.6 Å². The molecule has 2 aromatic rings. The number of benzene rings is 1. The summed E-state index contributed by atoms with van der Waals surface area (Å²) in [5.74, 6) is -0.235. The number of aromatic nitrogens is 1. The lowest BCUT2D eigenvalue weighted by Crippen LogP contribution is -2.47. The minimum absolute atomic E-state index is 0.0847. The van der Waals surface area contributed by atoms with Gasteiger partial charge in [-0.15, -0.1) is 11.3 Å². The summed E-state index contributed by atoms with van der Waals surface area (Å²) in [6.45, 7) is 4.35. The maximum atomic E-state index is 12.5. The van der Waals surface area contributed by atoms with Gasteiger partial charge in [0.1, 0.15) is 12.6 Å². The van der Waals surface area contributed by atoms with E-state index in [9.17, 15) is 14.7 Å². The zero-order valence-electron chi connectivity index (χ0n) is 16.4. The molecule has 1 heterocycles. The monoisotopic (exact) mass is 405 g/mol. The van der Waals surface area contributed by atoms with Gasteiger partial charge in [0, 0.05) is 31.4 Å². The van der Waals surface area contributed by atoms with Gasteiger partial charge in [0.05, 0.1) is 17.2 Å². The maximum absolute atomic E-state index is 12.5. The summed E-state index contributed by atoms with van der Waals surface area (Å²) in [5, 5.41) is 14.8. The molecule has 0 aliphatic heterocycles. The number of nitrogens with zero attached hydrogens (tertiary/aromatic N) is 2. The molecule has 28 heavy (non-hydrogen) atoms. The standard InChI is InChI=1S/C20H27N3O4S/c1-14(2)18-21-16(13-28-18)11-23(3)20(26)22-17(9-10-24)19(25)27-12-15-7-5-4-6-8-15/h4-8,13-14,17,24H,9-12H2,1-3H3,(H,22,26). The van der Waals surface area contributed by atoms with Gasteiger partial charge in [-0.3, -0.25) is 0 Å². The van der Waals surface area contributed by atoms with Crippen LogP contribution in [-0.2, 0) is 22.7 Å². The number of hydrogen-bond acceptors (Lipinski definition) is 6. The van der Waals surface area contributed by atoms with E-state index in [0.29, 0.717) is 12.5 Å². The molecule has 2 N–H and O–H groups in total. The highest BCUT2D eigenvalue weighted by Crippen LogP contribution is 2.19. The number of hydrogen-bond donors (Lipinski definition) is 2. The van der Waals surface area contributed by atoms with Crippen molar-refractivity contribution >= 4 is 23.3 Å². The molecular weight excluding hydrogens is 378 g/mol. The second-order valence-electron chi connectivity index (χ2n) is 6.80. The van der Waals surface area contributed by atoms with Crippen LogP contribution < -0.4 is 5.32 Å². The first-order valence-electron chi connectivity index (χ1n) is 9.18. The molecule has 1 aromatic carbocycles. The van der Waals surface area contributed by atoms with Crippen LogP contribution in [-0.4, -0.2) is 46.7 Å². The van der Waals surface area contributed by atoms with Crippen molar-refractivity contribution in [1.29, 1.82) is 0 Å². The maximum Gasteiger partial charge on any atom is 0.329 e. The molecule has 2 amide bonds. The third-order valence-electron chi connectivity index (χ3n) is 4.03. The van der Waals surface area contributed by atoms with Crippen LogP contribution in [0.15, 0.2) is 35.7 Å². The number of thiazole rings is 1. The van der Waals surface area contributed by atoms with Gasteiger partial charge in [0.25, 0.3) is 0 Å². The Bertz CT molecular complexity index is 764. The lowest BCUT2D eigenvalue weighted by molar-refractivity contribution is -0.147. The molecular formula is C20H27N3O4S. The third kappa shape index (κ3) is 6.61. The van der Waals surface area contributed by atoms with Crippen LogP contribution in [0, 0.1) is 0 Å². The lowest BCUT2D eigenvalue weighted by Gasteiger charge is -2.22. The van der Waals surface area contributed by atoms with E-state index in [4.69, 9.17) is 4.74 Å². The minimum atomic E-state index is -0.912. The smallest absolute Gasteiger partial charge is 0.329 e. The third-order valence-corrected chi connectivity index (χ3v) is 5.23. The van der Waals surface area contributed by atoms with E-state index >= 15 is 0 Å². The van der Waals surface area contributed by atoms with Crippen LogP contribution in [0.25, 0.3) is 0 Å². The van der Waals surface area contributed by atoms with Crippen molar-refractivity contribution in [3.8, 4) is 0 Å². The highest BCUT2D eigenvalue weighted by Gasteiger charge is 2.24. The number of ether oxygens (including phenoxy) is 1. The summed E-state index contributed by atoms with van der Waals surface area (Å²) in [6.07, 6.45) is 0.0847. The van der Waals surface area contributed by atoms with E-state index in [1.165, 1.54) is 4.90 Å². The fourth-order valence-corrected chi connectivity index (χ4v) is 3.27. The molecule has 2 rings (SSSR count). The highest BCUT2D eigenvalue weighted by atomic mass is 32.1. The Kier molecular flexibility index (Phi) is 8.41. The summed E-state index contributed by atoms with van der Waals surface area (Å²) >= 11 is 1.57. The summed E-state index contributed by atoms with van der Waals surface area (Å²) in [7, 11) is 1.63. The number of aliphatic hydroxyl groups excluding tert-OH is 1. The Balaban J connectivity index is 1.89. The van der Waals surface area contributed by atoms with Gasteiger partial charge in [0.2, 0.25) is 0 Å². The predicted molar refractivity (Wildman–Crippen MR) is 108 cm³/mol. The van der Waals surface area contributed by atoms with Crippen molar-refractivity contribution in [2.75, 3.05) is 13.7 Å². The molecule has 0 bridgehead atoms. The number of carbonyl (C=O) groups excluding carboxylic acids is 2.